The topological polar surface area (TPSA) is 89.5 Å². The Hall–Kier alpha value is -3.94. The Labute approximate surface area is 172 Å². The molecule has 0 aliphatic carbocycles. The van der Waals surface area contributed by atoms with Crippen molar-refractivity contribution in [3.05, 3.63) is 48.5 Å². The van der Waals surface area contributed by atoms with Crippen LogP contribution in [-0.2, 0) is 9.47 Å². The number of fused-ring (bicyclic) bond motifs is 1. The summed E-state index contributed by atoms with van der Waals surface area (Å²) in [7, 11) is 5.12. The molecule has 0 atom stereocenters. The van der Waals surface area contributed by atoms with Crippen LogP contribution in [0.5, 0.6) is 23.0 Å². The third-order valence-corrected chi connectivity index (χ3v) is 4.35. The summed E-state index contributed by atoms with van der Waals surface area (Å²) >= 11 is 0. The summed E-state index contributed by atoms with van der Waals surface area (Å²) in [4.78, 5) is 23.8. The Morgan fingerprint density at radius 3 is 1.63 bits per heavy atom. The molecule has 156 valence electrons. The van der Waals surface area contributed by atoms with Crippen LogP contribution in [0.2, 0.25) is 0 Å². The van der Waals surface area contributed by atoms with Gasteiger partial charge in [0.1, 0.15) is 0 Å². The summed E-state index contributed by atoms with van der Waals surface area (Å²) in [6, 6.07) is 15.0. The van der Waals surface area contributed by atoms with Crippen LogP contribution in [0.25, 0.3) is 21.9 Å². The van der Waals surface area contributed by atoms with Gasteiger partial charge in [0.15, 0.2) is 11.5 Å². The first-order valence-electron chi connectivity index (χ1n) is 8.82. The van der Waals surface area contributed by atoms with Crippen LogP contribution in [0.3, 0.4) is 0 Å². The quantitative estimate of drug-likeness (QED) is 0.435. The van der Waals surface area contributed by atoms with E-state index in [4.69, 9.17) is 18.9 Å². The van der Waals surface area contributed by atoms with E-state index in [2.05, 4.69) is 9.47 Å². The summed E-state index contributed by atoms with van der Waals surface area (Å²) in [6.07, 6.45) is -1.88. The number of hydrogen-bond acceptors (Lipinski definition) is 8. The van der Waals surface area contributed by atoms with Crippen molar-refractivity contribution in [1.29, 1.82) is 0 Å². The molecule has 0 radical (unpaired) electrons. The Bertz CT molecular complexity index is 1080. The molecule has 0 amide bonds. The fourth-order valence-electron chi connectivity index (χ4n) is 3.01. The van der Waals surface area contributed by atoms with E-state index in [9.17, 15) is 9.59 Å². The zero-order valence-electron chi connectivity index (χ0n) is 16.9. The van der Waals surface area contributed by atoms with Crippen LogP contribution in [0, 0.1) is 0 Å². The van der Waals surface area contributed by atoms with Crippen LogP contribution in [0.1, 0.15) is 0 Å². The summed E-state index contributed by atoms with van der Waals surface area (Å²) in [6.45, 7) is 0. The Morgan fingerprint density at radius 2 is 1.13 bits per heavy atom. The molecule has 0 N–H and O–H groups in total. The average molecular weight is 412 g/mol. The summed E-state index contributed by atoms with van der Waals surface area (Å²) < 4.78 is 30.8. The van der Waals surface area contributed by atoms with Gasteiger partial charge in [-0.15, -0.1) is 0 Å². The molecule has 0 saturated heterocycles. The van der Waals surface area contributed by atoms with Crippen molar-refractivity contribution in [2.45, 2.75) is 0 Å². The van der Waals surface area contributed by atoms with Crippen molar-refractivity contribution in [2.24, 2.45) is 0 Å². The molecule has 0 aliphatic rings. The lowest BCUT2D eigenvalue weighted by molar-refractivity contribution is 0.117. The van der Waals surface area contributed by atoms with E-state index >= 15 is 0 Å². The maximum absolute atomic E-state index is 11.9. The third kappa shape index (κ3) is 3.93. The fraction of sp³-hybridized carbons (Fsp3) is 0.182. The molecular weight excluding hydrogens is 392 g/mol. The van der Waals surface area contributed by atoms with Gasteiger partial charge < -0.3 is 28.4 Å². The van der Waals surface area contributed by atoms with Gasteiger partial charge in [-0.25, -0.2) is 9.59 Å². The molecule has 8 nitrogen and oxygen atoms in total. The van der Waals surface area contributed by atoms with Gasteiger partial charge in [0.05, 0.1) is 28.4 Å². The predicted molar refractivity (Wildman–Crippen MR) is 109 cm³/mol. The highest BCUT2D eigenvalue weighted by Crippen LogP contribution is 2.52. The molecule has 0 spiro atoms. The highest BCUT2D eigenvalue weighted by molar-refractivity contribution is 6.02. The van der Waals surface area contributed by atoms with E-state index in [0.717, 1.165) is 11.1 Å². The maximum Gasteiger partial charge on any atom is 0.513 e. The maximum atomic E-state index is 11.9. The van der Waals surface area contributed by atoms with Crippen molar-refractivity contribution < 1.29 is 38.0 Å². The van der Waals surface area contributed by atoms with Crippen LogP contribution in [-0.4, -0.2) is 40.7 Å². The molecule has 3 aromatic carbocycles. The standard InChI is InChI=1S/C22H20O8/c1-25-19-17(29-21(23)27-3)15-11-10-14(13-8-6-5-7-9-13)12-16(15)18(20(19)26-2)30-22(24)28-4/h5-12H,1-4H3. The second-order valence-electron chi connectivity index (χ2n) is 5.96. The van der Waals surface area contributed by atoms with Gasteiger partial charge in [-0.1, -0.05) is 36.4 Å². The number of ether oxygens (including phenoxy) is 6. The van der Waals surface area contributed by atoms with Crippen LogP contribution >= 0.6 is 0 Å². The molecule has 0 heterocycles. The molecule has 0 aromatic heterocycles. The first-order chi connectivity index (χ1) is 14.5. The first-order valence-corrected chi connectivity index (χ1v) is 8.82. The first kappa shape index (κ1) is 20.8. The highest BCUT2D eigenvalue weighted by Gasteiger charge is 2.27. The molecular formula is C22H20O8. The predicted octanol–water partition coefficient (Wildman–Crippen LogP) is 4.81. The lowest BCUT2D eigenvalue weighted by Crippen LogP contribution is -2.12. The Balaban J connectivity index is 2.36. The molecule has 3 aromatic rings. The minimum Gasteiger partial charge on any atom is -0.490 e. The SMILES string of the molecule is COC(=O)Oc1c(OC)c(OC)c(OC(=O)OC)c2cc(-c3ccccc3)ccc12. The van der Waals surface area contributed by atoms with E-state index in [1.54, 1.807) is 12.1 Å². The molecule has 8 heteroatoms. The van der Waals surface area contributed by atoms with Gasteiger partial charge in [-0.05, 0) is 23.3 Å². The van der Waals surface area contributed by atoms with Crippen molar-refractivity contribution >= 4 is 23.1 Å². The average Bonchev–Trinajstić information content (AvgIpc) is 2.79. The van der Waals surface area contributed by atoms with E-state index in [1.807, 2.05) is 36.4 Å². The Morgan fingerprint density at radius 1 is 0.600 bits per heavy atom. The summed E-state index contributed by atoms with van der Waals surface area (Å²) in [5.74, 6) is 0.237. The number of benzene rings is 3. The Kier molecular flexibility index (Phi) is 6.26. The largest absolute Gasteiger partial charge is 0.513 e. The summed E-state index contributed by atoms with van der Waals surface area (Å²) in [5.41, 5.74) is 1.78. The molecule has 3 rings (SSSR count). The van der Waals surface area contributed by atoms with Crippen LogP contribution in [0.15, 0.2) is 48.5 Å². The third-order valence-electron chi connectivity index (χ3n) is 4.35. The number of hydrogen-bond donors (Lipinski definition) is 0. The van der Waals surface area contributed by atoms with E-state index in [1.165, 1.54) is 28.4 Å². The number of carbonyl (C=O) groups is 2. The fourth-order valence-corrected chi connectivity index (χ4v) is 3.01. The van der Waals surface area contributed by atoms with Crippen molar-refractivity contribution in [1.82, 2.24) is 0 Å². The van der Waals surface area contributed by atoms with Gasteiger partial charge >= 0.3 is 12.3 Å². The van der Waals surface area contributed by atoms with Gasteiger partial charge in [-0.2, -0.15) is 0 Å². The lowest BCUT2D eigenvalue weighted by Gasteiger charge is -2.19. The van der Waals surface area contributed by atoms with Crippen molar-refractivity contribution in [3.63, 3.8) is 0 Å². The molecule has 0 bridgehead atoms. The summed E-state index contributed by atoms with van der Waals surface area (Å²) in [5, 5.41) is 0.884. The second kappa shape index (κ2) is 9.04. The van der Waals surface area contributed by atoms with Gasteiger partial charge in [-0.3, -0.25) is 0 Å². The molecule has 30 heavy (non-hydrogen) atoms. The number of methoxy groups -OCH3 is 4. The highest BCUT2D eigenvalue weighted by atomic mass is 16.7. The molecule has 0 unspecified atom stereocenters. The van der Waals surface area contributed by atoms with E-state index < -0.39 is 12.3 Å². The minimum atomic E-state index is -0.941. The minimum absolute atomic E-state index is 0.0551. The van der Waals surface area contributed by atoms with Crippen molar-refractivity contribution in [2.75, 3.05) is 28.4 Å². The van der Waals surface area contributed by atoms with Crippen LogP contribution < -0.4 is 18.9 Å². The smallest absolute Gasteiger partial charge is 0.490 e. The van der Waals surface area contributed by atoms with Gasteiger partial charge in [0, 0.05) is 10.8 Å². The van der Waals surface area contributed by atoms with E-state index in [0.29, 0.717) is 10.8 Å². The van der Waals surface area contributed by atoms with Crippen molar-refractivity contribution in [3.8, 4) is 34.1 Å². The monoisotopic (exact) mass is 412 g/mol. The normalized spacial score (nSPS) is 10.3. The molecule has 0 aliphatic heterocycles. The molecule has 0 fully saturated rings. The van der Waals surface area contributed by atoms with Crippen LogP contribution in [0.4, 0.5) is 9.59 Å². The lowest BCUT2D eigenvalue weighted by atomic mass is 9.99. The zero-order chi connectivity index (χ0) is 21.7. The van der Waals surface area contributed by atoms with Gasteiger partial charge in [0.25, 0.3) is 0 Å². The van der Waals surface area contributed by atoms with Gasteiger partial charge in [0.2, 0.25) is 11.5 Å². The van der Waals surface area contributed by atoms with E-state index in [-0.39, 0.29) is 23.0 Å². The molecule has 0 saturated carbocycles. The number of rotatable bonds is 5. The second-order valence-corrected chi connectivity index (χ2v) is 5.96. The zero-order valence-corrected chi connectivity index (χ0v) is 16.9. The number of carbonyl (C=O) groups excluding carboxylic acids is 2.